The van der Waals surface area contributed by atoms with Gasteiger partial charge in [0, 0.05) is 17.1 Å². The van der Waals surface area contributed by atoms with Crippen molar-refractivity contribution in [3.05, 3.63) is 78.5 Å². The van der Waals surface area contributed by atoms with Crippen LogP contribution in [0.15, 0.2) is 86.0 Å². The van der Waals surface area contributed by atoms with Crippen LogP contribution >= 0.6 is 11.8 Å². The number of furan rings is 2. The number of benzene rings is 1. The second-order valence-electron chi connectivity index (χ2n) is 8.85. The van der Waals surface area contributed by atoms with Crippen molar-refractivity contribution in [2.45, 2.75) is 42.5 Å². The topological polar surface area (TPSA) is 166 Å². The Hall–Kier alpha value is -4.56. The van der Waals surface area contributed by atoms with E-state index in [9.17, 15) is 13.2 Å². The van der Waals surface area contributed by atoms with Gasteiger partial charge >= 0.3 is 0 Å². The zero-order valence-corrected chi connectivity index (χ0v) is 23.9. The van der Waals surface area contributed by atoms with Gasteiger partial charge < -0.3 is 14.2 Å². The first-order valence-electron chi connectivity index (χ1n) is 12.5. The molecule has 0 bridgehead atoms. The summed E-state index contributed by atoms with van der Waals surface area (Å²) in [5.74, 6) is 0.666. The zero-order valence-electron chi connectivity index (χ0n) is 22.2. The maximum Gasteiger partial charge on any atom is 0.264 e. The van der Waals surface area contributed by atoms with E-state index in [0.717, 1.165) is 11.8 Å². The minimum Gasteiger partial charge on any atom is -0.463 e. The van der Waals surface area contributed by atoms with Gasteiger partial charge in [0.1, 0.15) is 5.69 Å². The molecular formula is C27H25N7O5S2. The zero-order chi connectivity index (χ0) is 29.0. The molecule has 5 aromatic rings. The lowest BCUT2D eigenvalue weighted by atomic mass is 10.2. The van der Waals surface area contributed by atoms with E-state index in [1.807, 2.05) is 6.92 Å². The SMILES string of the molecule is CCC(Sc1nnc(-c2ccco2)c(-c2ccco2)n1)C(=O)Nc1ccc(S(=O)(=O)Nc2nc(C)cc(C)n2)cc1. The molecule has 210 valence electrons. The minimum absolute atomic E-state index is 0.00116. The number of nitrogens with zero attached hydrogens (tertiary/aromatic N) is 5. The number of hydrogen-bond donors (Lipinski definition) is 2. The molecule has 0 saturated carbocycles. The normalized spacial score (nSPS) is 12.2. The highest BCUT2D eigenvalue weighted by Gasteiger charge is 2.24. The van der Waals surface area contributed by atoms with Crippen molar-refractivity contribution in [3.8, 4) is 22.9 Å². The Morgan fingerprint density at radius 3 is 2.12 bits per heavy atom. The number of sulfonamides is 1. The second kappa shape index (κ2) is 11.9. The molecule has 0 spiro atoms. The number of nitrogens with one attached hydrogen (secondary N) is 2. The number of aryl methyl sites for hydroxylation is 2. The molecular weight excluding hydrogens is 566 g/mol. The van der Waals surface area contributed by atoms with E-state index in [1.165, 1.54) is 36.8 Å². The first kappa shape index (κ1) is 28.0. The van der Waals surface area contributed by atoms with Crippen molar-refractivity contribution in [2.75, 3.05) is 10.0 Å². The smallest absolute Gasteiger partial charge is 0.264 e. The molecule has 0 saturated heterocycles. The Morgan fingerprint density at radius 1 is 0.902 bits per heavy atom. The molecule has 41 heavy (non-hydrogen) atoms. The number of amides is 1. The number of hydrogen-bond acceptors (Lipinski definition) is 11. The molecule has 0 fully saturated rings. The number of aromatic nitrogens is 5. The Labute approximate surface area is 240 Å². The standard InChI is InChI=1S/C27H25N7O5S2/c1-4-22(40-27-31-23(20-7-5-13-38-20)24(32-33-27)21-8-6-14-39-21)25(35)30-18-9-11-19(12-10-18)41(36,37)34-26-28-16(2)15-17(3)29-26/h5-15,22H,4H2,1-3H3,(H,30,35)(H,28,29,34). The molecule has 1 aromatic carbocycles. The van der Waals surface area contributed by atoms with E-state index in [2.05, 4.69) is 35.2 Å². The monoisotopic (exact) mass is 591 g/mol. The number of thioether (sulfide) groups is 1. The maximum absolute atomic E-state index is 13.1. The van der Waals surface area contributed by atoms with Crippen LogP contribution in [0.2, 0.25) is 0 Å². The Morgan fingerprint density at radius 2 is 1.54 bits per heavy atom. The predicted molar refractivity (Wildman–Crippen MR) is 153 cm³/mol. The summed E-state index contributed by atoms with van der Waals surface area (Å²) in [7, 11) is -3.93. The summed E-state index contributed by atoms with van der Waals surface area (Å²) >= 11 is 1.16. The third-order valence-electron chi connectivity index (χ3n) is 5.73. The second-order valence-corrected chi connectivity index (χ2v) is 11.7. The molecule has 1 amide bonds. The number of carbonyl (C=O) groups is 1. The highest BCUT2D eigenvalue weighted by molar-refractivity contribution is 8.00. The molecule has 5 rings (SSSR count). The van der Waals surface area contributed by atoms with Crippen molar-refractivity contribution in [1.82, 2.24) is 25.1 Å². The van der Waals surface area contributed by atoms with Crippen LogP contribution in [0.25, 0.3) is 22.9 Å². The molecule has 14 heteroatoms. The van der Waals surface area contributed by atoms with Crippen molar-refractivity contribution < 1.29 is 22.0 Å². The lowest BCUT2D eigenvalue weighted by Gasteiger charge is -2.14. The molecule has 2 N–H and O–H groups in total. The first-order chi connectivity index (χ1) is 19.7. The number of rotatable bonds is 10. The van der Waals surface area contributed by atoms with Gasteiger partial charge in [0.25, 0.3) is 10.0 Å². The van der Waals surface area contributed by atoms with Crippen molar-refractivity contribution >= 4 is 39.3 Å². The van der Waals surface area contributed by atoms with Gasteiger partial charge in [-0.05, 0) is 74.9 Å². The number of carbonyl (C=O) groups excluding carboxylic acids is 1. The quantitative estimate of drug-likeness (QED) is 0.207. The molecule has 0 aliphatic carbocycles. The van der Waals surface area contributed by atoms with Crippen LogP contribution in [0.4, 0.5) is 11.6 Å². The fourth-order valence-electron chi connectivity index (χ4n) is 3.87. The summed E-state index contributed by atoms with van der Waals surface area (Å²) in [6.45, 7) is 5.37. The van der Waals surface area contributed by atoms with Crippen molar-refractivity contribution in [2.24, 2.45) is 0 Å². The summed E-state index contributed by atoms with van der Waals surface area (Å²) < 4.78 is 39.0. The van der Waals surface area contributed by atoms with Crippen LogP contribution in [0, 0.1) is 13.8 Å². The predicted octanol–water partition coefficient (Wildman–Crippen LogP) is 5.11. The van der Waals surface area contributed by atoms with Crippen molar-refractivity contribution in [3.63, 3.8) is 0 Å². The minimum atomic E-state index is -3.93. The van der Waals surface area contributed by atoms with E-state index in [0.29, 0.717) is 46.4 Å². The van der Waals surface area contributed by atoms with Gasteiger partial charge in [-0.2, -0.15) is 0 Å². The highest BCUT2D eigenvalue weighted by Crippen LogP contribution is 2.32. The van der Waals surface area contributed by atoms with Crippen molar-refractivity contribution in [1.29, 1.82) is 0 Å². The van der Waals surface area contributed by atoms with Gasteiger partial charge in [0.15, 0.2) is 17.2 Å². The molecule has 1 atom stereocenters. The van der Waals surface area contributed by atoms with Crippen LogP contribution in [0.5, 0.6) is 0 Å². The van der Waals surface area contributed by atoms with Gasteiger partial charge in [-0.3, -0.25) is 4.79 Å². The summed E-state index contributed by atoms with van der Waals surface area (Å²) in [5, 5.41) is 11.0. The summed E-state index contributed by atoms with van der Waals surface area (Å²) in [6.07, 6.45) is 3.53. The fraction of sp³-hybridized carbons (Fsp3) is 0.185. The molecule has 4 aromatic heterocycles. The van der Waals surface area contributed by atoms with Crippen LogP contribution in [0.3, 0.4) is 0 Å². The van der Waals surface area contributed by atoms with E-state index in [-0.39, 0.29) is 21.9 Å². The van der Waals surface area contributed by atoms with E-state index in [1.54, 1.807) is 44.2 Å². The largest absolute Gasteiger partial charge is 0.463 e. The van der Waals surface area contributed by atoms with Gasteiger partial charge in [-0.25, -0.2) is 28.1 Å². The van der Waals surface area contributed by atoms with Crippen LogP contribution < -0.4 is 10.0 Å². The van der Waals surface area contributed by atoms with Crippen LogP contribution in [-0.2, 0) is 14.8 Å². The maximum atomic E-state index is 13.1. The molecule has 0 aliphatic heterocycles. The summed E-state index contributed by atoms with van der Waals surface area (Å²) in [6, 6.07) is 14.5. The molecule has 12 nitrogen and oxygen atoms in total. The van der Waals surface area contributed by atoms with E-state index >= 15 is 0 Å². The van der Waals surface area contributed by atoms with Gasteiger partial charge in [-0.1, -0.05) is 18.7 Å². The van der Waals surface area contributed by atoms with E-state index < -0.39 is 15.3 Å². The highest BCUT2D eigenvalue weighted by atomic mass is 32.2. The Balaban J connectivity index is 1.28. The third-order valence-corrected chi connectivity index (χ3v) is 8.29. The summed E-state index contributed by atoms with van der Waals surface area (Å²) in [5.41, 5.74) is 2.57. The summed E-state index contributed by atoms with van der Waals surface area (Å²) in [4.78, 5) is 26.0. The van der Waals surface area contributed by atoms with Gasteiger partial charge in [0.2, 0.25) is 17.0 Å². The van der Waals surface area contributed by atoms with Gasteiger partial charge in [0.05, 0.1) is 22.7 Å². The third kappa shape index (κ3) is 6.61. The Kier molecular flexibility index (Phi) is 8.12. The fourth-order valence-corrected chi connectivity index (χ4v) is 5.63. The molecule has 0 radical (unpaired) electrons. The first-order valence-corrected chi connectivity index (χ1v) is 14.8. The average Bonchev–Trinajstić information content (AvgIpc) is 3.66. The van der Waals surface area contributed by atoms with Crippen LogP contribution in [-0.4, -0.2) is 44.7 Å². The Bertz CT molecular complexity index is 1740. The lowest BCUT2D eigenvalue weighted by Crippen LogP contribution is -2.25. The van der Waals surface area contributed by atoms with E-state index in [4.69, 9.17) is 8.83 Å². The lowest BCUT2D eigenvalue weighted by molar-refractivity contribution is -0.115. The average molecular weight is 592 g/mol. The van der Waals surface area contributed by atoms with Crippen LogP contribution in [0.1, 0.15) is 24.7 Å². The molecule has 0 aliphatic rings. The van der Waals surface area contributed by atoms with Gasteiger partial charge in [-0.15, -0.1) is 10.2 Å². The molecule has 1 unspecified atom stereocenters. The molecule has 4 heterocycles. The number of anilines is 2.